The lowest BCUT2D eigenvalue weighted by Gasteiger charge is -2.24. The van der Waals surface area contributed by atoms with Crippen molar-refractivity contribution in [1.29, 1.82) is 0 Å². The molecule has 2 amide bonds. The topological polar surface area (TPSA) is 75.3 Å². The van der Waals surface area contributed by atoms with Crippen molar-refractivity contribution in [3.8, 4) is 0 Å². The van der Waals surface area contributed by atoms with Gasteiger partial charge in [-0.05, 0) is 6.42 Å². The maximum absolute atomic E-state index is 11.9. The third-order valence-corrected chi connectivity index (χ3v) is 8.54. The minimum absolute atomic E-state index is 0.0555. The van der Waals surface area contributed by atoms with Crippen LogP contribution in [0.3, 0.4) is 0 Å². The summed E-state index contributed by atoms with van der Waals surface area (Å²) >= 11 is 0. The van der Waals surface area contributed by atoms with Crippen LogP contribution in [0, 0.1) is 0 Å². The first kappa shape index (κ1) is 16.0. The zero-order chi connectivity index (χ0) is 15.5. The van der Waals surface area contributed by atoms with Crippen molar-refractivity contribution in [3.63, 3.8) is 0 Å². The normalized spacial score (nSPS) is 21.0. The van der Waals surface area contributed by atoms with Gasteiger partial charge in [0.15, 0.2) is 9.84 Å². The molecule has 5 nitrogen and oxygen atoms in total. The second kappa shape index (κ2) is 6.19. The first-order valence-electron chi connectivity index (χ1n) is 7.09. The summed E-state index contributed by atoms with van der Waals surface area (Å²) in [7, 11) is -4.68. The van der Waals surface area contributed by atoms with Crippen molar-refractivity contribution in [2.24, 2.45) is 0 Å². The van der Waals surface area contributed by atoms with Crippen LogP contribution in [0.25, 0.3) is 0 Å². The Bertz CT molecular complexity index is 602. The molecule has 1 fully saturated rings. The van der Waals surface area contributed by atoms with Crippen LogP contribution < -0.4 is 15.8 Å². The maximum Gasteiger partial charge on any atom is 0.314 e. The highest BCUT2D eigenvalue weighted by Gasteiger charge is 2.29. The summed E-state index contributed by atoms with van der Waals surface area (Å²) in [5.41, 5.74) is 0. The average molecular weight is 326 g/mol. The molecule has 0 spiro atoms. The summed E-state index contributed by atoms with van der Waals surface area (Å²) in [4.78, 5) is 11.9. The van der Waals surface area contributed by atoms with E-state index in [-0.39, 0.29) is 23.6 Å². The number of urea groups is 1. The standard InChI is InChI=1S/C14H22N2O3SSi/c1-21(2,13-6-4-3-5-7-13)11-15-14(17)16-12-8-9-20(18,19)10-12/h3-7,12H,8-11H2,1-2H3,(H2,15,16,17)/t12-/m1/s1. The molecule has 21 heavy (non-hydrogen) atoms. The largest absolute Gasteiger partial charge is 0.341 e. The molecule has 7 heteroatoms. The first-order chi connectivity index (χ1) is 9.78. The molecule has 1 aromatic rings. The molecule has 2 rings (SSSR count). The molecule has 0 radical (unpaired) electrons. The molecule has 0 unspecified atom stereocenters. The van der Waals surface area contributed by atoms with Crippen molar-refractivity contribution < 1.29 is 13.2 Å². The number of sulfone groups is 1. The monoisotopic (exact) mass is 326 g/mol. The SMILES string of the molecule is C[Si](C)(CNC(=O)N[C@@H]1CCS(=O)(=O)C1)c1ccccc1. The summed E-state index contributed by atoms with van der Waals surface area (Å²) < 4.78 is 22.7. The van der Waals surface area contributed by atoms with Crippen LogP contribution in [0.4, 0.5) is 4.79 Å². The minimum Gasteiger partial charge on any atom is -0.341 e. The number of carbonyl (C=O) groups excluding carboxylic acids is 1. The maximum atomic E-state index is 11.9. The van der Waals surface area contributed by atoms with E-state index < -0.39 is 17.9 Å². The number of hydrogen-bond donors (Lipinski definition) is 2. The molecule has 1 saturated heterocycles. The van der Waals surface area contributed by atoms with Crippen LogP contribution in [-0.4, -0.2) is 46.2 Å². The van der Waals surface area contributed by atoms with Crippen LogP contribution in [0.2, 0.25) is 13.1 Å². The zero-order valence-corrected chi connectivity index (χ0v) is 14.2. The van der Waals surface area contributed by atoms with E-state index in [4.69, 9.17) is 0 Å². The highest BCUT2D eigenvalue weighted by Crippen LogP contribution is 2.11. The molecule has 1 aliphatic rings. The summed E-state index contributed by atoms with van der Waals surface area (Å²) in [5, 5.41) is 6.93. The molecule has 1 atom stereocenters. The van der Waals surface area contributed by atoms with E-state index in [2.05, 4.69) is 35.9 Å². The van der Waals surface area contributed by atoms with Gasteiger partial charge in [-0.25, -0.2) is 13.2 Å². The molecule has 1 aromatic carbocycles. The van der Waals surface area contributed by atoms with Crippen molar-refractivity contribution >= 4 is 29.1 Å². The highest BCUT2D eigenvalue weighted by molar-refractivity contribution is 7.91. The third-order valence-electron chi connectivity index (χ3n) is 3.81. The first-order valence-corrected chi connectivity index (χ1v) is 12.1. The molecular formula is C14H22N2O3SSi. The number of nitrogens with one attached hydrogen (secondary N) is 2. The molecule has 0 aliphatic carbocycles. The lowest BCUT2D eigenvalue weighted by atomic mass is 10.3. The van der Waals surface area contributed by atoms with E-state index in [9.17, 15) is 13.2 Å². The summed E-state index contributed by atoms with van der Waals surface area (Å²) in [6.07, 6.45) is 1.14. The van der Waals surface area contributed by atoms with Gasteiger partial charge in [-0.15, -0.1) is 0 Å². The number of carbonyl (C=O) groups is 1. The van der Waals surface area contributed by atoms with Gasteiger partial charge < -0.3 is 10.6 Å². The summed E-state index contributed by atoms with van der Waals surface area (Å²) in [6, 6.07) is 9.66. The quantitative estimate of drug-likeness (QED) is 0.797. The second-order valence-corrected chi connectivity index (χ2v) is 13.1. The fourth-order valence-corrected chi connectivity index (χ4v) is 6.01. The van der Waals surface area contributed by atoms with Crippen molar-refractivity contribution in [2.45, 2.75) is 25.6 Å². The Hall–Kier alpha value is -1.34. The molecule has 0 bridgehead atoms. The van der Waals surface area contributed by atoms with Gasteiger partial charge in [-0.2, -0.15) is 0 Å². The van der Waals surface area contributed by atoms with Crippen LogP contribution in [0.5, 0.6) is 0 Å². The van der Waals surface area contributed by atoms with E-state index in [0.29, 0.717) is 12.6 Å². The smallest absolute Gasteiger partial charge is 0.314 e. The van der Waals surface area contributed by atoms with E-state index in [0.717, 1.165) is 0 Å². The predicted octanol–water partition coefficient (Wildman–Crippen LogP) is 0.628. The van der Waals surface area contributed by atoms with Gasteiger partial charge in [0.2, 0.25) is 0 Å². The van der Waals surface area contributed by atoms with Crippen molar-refractivity contribution in [2.75, 3.05) is 17.7 Å². The average Bonchev–Trinajstić information content (AvgIpc) is 2.77. The van der Waals surface area contributed by atoms with Gasteiger partial charge in [-0.1, -0.05) is 48.6 Å². The van der Waals surface area contributed by atoms with Crippen LogP contribution in [-0.2, 0) is 9.84 Å². The Labute approximate surface area is 127 Å². The van der Waals surface area contributed by atoms with Crippen LogP contribution in [0.15, 0.2) is 30.3 Å². The lowest BCUT2D eigenvalue weighted by molar-refractivity contribution is 0.239. The molecule has 0 saturated carbocycles. The Kier molecular flexibility index (Phi) is 4.73. The van der Waals surface area contributed by atoms with Gasteiger partial charge in [-0.3, -0.25) is 0 Å². The zero-order valence-electron chi connectivity index (χ0n) is 12.4. The Morgan fingerprint density at radius 3 is 2.52 bits per heavy atom. The van der Waals surface area contributed by atoms with E-state index in [1.807, 2.05) is 18.2 Å². The molecule has 2 N–H and O–H groups in total. The molecular weight excluding hydrogens is 304 g/mol. The molecule has 116 valence electrons. The summed E-state index contributed by atoms with van der Waals surface area (Å²) in [6.45, 7) is 4.39. The third kappa shape index (κ3) is 4.57. The van der Waals surface area contributed by atoms with Crippen LogP contribution >= 0.6 is 0 Å². The highest BCUT2D eigenvalue weighted by atomic mass is 32.2. The van der Waals surface area contributed by atoms with Crippen molar-refractivity contribution in [3.05, 3.63) is 30.3 Å². The minimum atomic E-state index is -2.96. The summed E-state index contributed by atoms with van der Waals surface area (Å²) in [5.74, 6) is 0.224. The second-order valence-electron chi connectivity index (χ2n) is 6.18. The van der Waals surface area contributed by atoms with Crippen LogP contribution in [0.1, 0.15) is 6.42 Å². The van der Waals surface area contributed by atoms with E-state index in [1.165, 1.54) is 5.19 Å². The molecule has 1 heterocycles. The lowest BCUT2D eigenvalue weighted by Crippen LogP contribution is -2.54. The molecule has 1 aliphatic heterocycles. The van der Waals surface area contributed by atoms with E-state index >= 15 is 0 Å². The van der Waals surface area contributed by atoms with E-state index in [1.54, 1.807) is 0 Å². The number of hydrogen-bond acceptors (Lipinski definition) is 3. The Morgan fingerprint density at radius 2 is 1.95 bits per heavy atom. The van der Waals surface area contributed by atoms with Crippen molar-refractivity contribution in [1.82, 2.24) is 10.6 Å². The number of benzene rings is 1. The van der Waals surface area contributed by atoms with Gasteiger partial charge in [0.1, 0.15) is 8.07 Å². The fourth-order valence-electron chi connectivity index (χ4n) is 2.44. The Balaban J connectivity index is 1.84. The van der Waals surface area contributed by atoms with Gasteiger partial charge >= 0.3 is 6.03 Å². The van der Waals surface area contributed by atoms with Gasteiger partial charge in [0, 0.05) is 12.2 Å². The Morgan fingerprint density at radius 1 is 1.29 bits per heavy atom. The number of rotatable bonds is 4. The predicted molar refractivity (Wildman–Crippen MR) is 87.2 cm³/mol. The fraction of sp³-hybridized carbons (Fsp3) is 0.500. The molecule has 0 aromatic heterocycles. The van der Waals surface area contributed by atoms with Gasteiger partial charge in [0.05, 0.1) is 11.5 Å². The number of amides is 2. The van der Waals surface area contributed by atoms with Gasteiger partial charge in [0.25, 0.3) is 0 Å².